The van der Waals surface area contributed by atoms with Crippen LogP contribution in [0.15, 0.2) is 30.5 Å². The van der Waals surface area contributed by atoms with Crippen LogP contribution in [0.4, 0.5) is 0 Å². The molecular formula is C15H20N4. The van der Waals surface area contributed by atoms with Crippen molar-refractivity contribution in [2.24, 2.45) is 5.73 Å². The van der Waals surface area contributed by atoms with E-state index in [1.54, 1.807) is 6.20 Å². The fourth-order valence-corrected chi connectivity index (χ4v) is 1.82. The van der Waals surface area contributed by atoms with Crippen molar-refractivity contribution < 1.29 is 0 Å². The lowest BCUT2D eigenvalue weighted by molar-refractivity contribution is 0.470. The second-order valence-corrected chi connectivity index (χ2v) is 5.51. The minimum atomic E-state index is -0.196. The summed E-state index contributed by atoms with van der Waals surface area (Å²) in [4.78, 5) is 13.4. The van der Waals surface area contributed by atoms with Crippen LogP contribution >= 0.6 is 0 Å². The fraction of sp³-hybridized carbons (Fsp3) is 0.400. The molecule has 2 rings (SSSR count). The van der Waals surface area contributed by atoms with Gasteiger partial charge in [-0.25, -0.2) is 9.97 Å². The first kappa shape index (κ1) is 13.6. The van der Waals surface area contributed by atoms with Gasteiger partial charge in [0.05, 0.1) is 11.4 Å². The molecule has 0 bridgehead atoms. The number of hydrogen-bond donors (Lipinski definition) is 1. The highest BCUT2D eigenvalue weighted by atomic mass is 14.9. The molecular weight excluding hydrogens is 236 g/mol. The van der Waals surface area contributed by atoms with Crippen LogP contribution in [0.1, 0.15) is 31.8 Å². The summed E-state index contributed by atoms with van der Waals surface area (Å²) in [6, 6.07) is 7.77. The maximum absolute atomic E-state index is 6.00. The van der Waals surface area contributed by atoms with Crippen molar-refractivity contribution in [3.8, 4) is 11.4 Å². The van der Waals surface area contributed by atoms with Gasteiger partial charge < -0.3 is 5.73 Å². The van der Waals surface area contributed by atoms with Gasteiger partial charge in [0, 0.05) is 23.9 Å². The first-order chi connectivity index (χ1) is 8.94. The third kappa shape index (κ3) is 4.10. The lowest BCUT2D eigenvalue weighted by atomic mass is 10.00. The first-order valence-electron chi connectivity index (χ1n) is 6.49. The molecule has 0 amide bonds. The molecule has 0 aliphatic rings. The van der Waals surface area contributed by atoms with E-state index in [1.165, 1.54) is 0 Å². The topological polar surface area (TPSA) is 64.7 Å². The van der Waals surface area contributed by atoms with Crippen molar-refractivity contribution in [1.82, 2.24) is 15.0 Å². The molecule has 0 fully saturated rings. The number of nitrogens with two attached hydrogens (primary N) is 1. The quantitative estimate of drug-likeness (QED) is 0.913. The highest BCUT2D eigenvalue weighted by Crippen LogP contribution is 2.16. The van der Waals surface area contributed by atoms with E-state index < -0.39 is 0 Å². The number of pyridine rings is 1. The van der Waals surface area contributed by atoms with Crippen LogP contribution in [-0.4, -0.2) is 20.5 Å². The maximum Gasteiger partial charge on any atom is 0.129 e. The molecule has 4 heteroatoms. The Labute approximate surface area is 114 Å². The summed E-state index contributed by atoms with van der Waals surface area (Å²) < 4.78 is 0. The molecule has 0 atom stereocenters. The summed E-state index contributed by atoms with van der Waals surface area (Å²) in [5, 5.41) is 0. The molecule has 0 spiro atoms. The third-order valence-corrected chi connectivity index (χ3v) is 2.82. The summed E-state index contributed by atoms with van der Waals surface area (Å²) in [5.41, 5.74) is 8.51. The number of aromatic nitrogens is 3. The minimum absolute atomic E-state index is 0.196. The number of nitrogens with zero attached hydrogens (tertiary/aromatic N) is 3. The van der Waals surface area contributed by atoms with Crippen molar-refractivity contribution in [3.05, 3.63) is 42.0 Å². The Morgan fingerprint density at radius 1 is 1.16 bits per heavy atom. The molecule has 2 N–H and O–H groups in total. The average molecular weight is 256 g/mol. The smallest absolute Gasteiger partial charge is 0.129 e. The molecule has 0 aliphatic heterocycles. The van der Waals surface area contributed by atoms with Crippen LogP contribution < -0.4 is 5.73 Å². The van der Waals surface area contributed by atoms with Crippen molar-refractivity contribution in [2.75, 3.05) is 0 Å². The van der Waals surface area contributed by atoms with Gasteiger partial charge in [0.1, 0.15) is 5.82 Å². The summed E-state index contributed by atoms with van der Waals surface area (Å²) in [7, 11) is 0. The van der Waals surface area contributed by atoms with Crippen molar-refractivity contribution in [3.63, 3.8) is 0 Å². The van der Waals surface area contributed by atoms with Gasteiger partial charge in [-0.3, -0.25) is 4.98 Å². The Kier molecular flexibility index (Phi) is 3.90. The summed E-state index contributed by atoms with van der Waals surface area (Å²) in [5.74, 6) is 0.833. The molecule has 4 nitrogen and oxygen atoms in total. The van der Waals surface area contributed by atoms with E-state index in [9.17, 15) is 0 Å². The zero-order valence-corrected chi connectivity index (χ0v) is 11.7. The van der Waals surface area contributed by atoms with Crippen molar-refractivity contribution >= 4 is 0 Å². The molecule has 0 saturated carbocycles. The van der Waals surface area contributed by atoms with E-state index in [4.69, 9.17) is 5.73 Å². The predicted molar refractivity (Wildman–Crippen MR) is 76.6 cm³/mol. The van der Waals surface area contributed by atoms with E-state index in [-0.39, 0.29) is 5.54 Å². The van der Waals surface area contributed by atoms with Gasteiger partial charge in [0.2, 0.25) is 0 Å². The van der Waals surface area contributed by atoms with Gasteiger partial charge in [-0.1, -0.05) is 6.07 Å². The van der Waals surface area contributed by atoms with Gasteiger partial charge in [-0.15, -0.1) is 0 Å². The lowest BCUT2D eigenvalue weighted by Crippen LogP contribution is -2.32. The summed E-state index contributed by atoms with van der Waals surface area (Å²) in [6.07, 6.45) is 3.42. The van der Waals surface area contributed by atoms with Crippen LogP contribution in [-0.2, 0) is 6.42 Å². The molecule has 19 heavy (non-hydrogen) atoms. The SMILES string of the molecule is Cc1cc(-c2ccccn2)nc(CCC(C)(C)N)n1. The van der Waals surface area contributed by atoms with Gasteiger partial charge >= 0.3 is 0 Å². The number of aryl methyl sites for hydroxylation is 2. The van der Waals surface area contributed by atoms with E-state index in [0.29, 0.717) is 0 Å². The molecule has 0 unspecified atom stereocenters. The molecule has 2 aromatic heterocycles. The Bertz CT molecular complexity index is 544. The number of rotatable bonds is 4. The van der Waals surface area contributed by atoms with E-state index in [1.807, 2.05) is 45.0 Å². The first-order valence-corrected chi connectivity index (χ1v) is 6.49. The van der Waals surface area contributed by atoms with Crippen molar-refractivity contribution in [2.45, 2.75) is 39.2 Å². The Morgan fingerprint density at radius 2 is 1.95 bits per heavy atom. The van der Waals surface area contributed by atoms with Crippen LogP contribution in [0.3, 0.4) is 0 Å². The Hall–Kier alpha value is -1.81. The molecule has 100 valence electrons. The Morgan fingerprint density at radius 3 is 2.58 bits per heavy atom. The highest BCUT2D eigenvalue weighted by Gasteiger charge is 2.12. The van der Waals surface area contributed by atoms with Gasteiger partial charge in [-0.05, 0) is 45.4 Å². The monoisotopic (exact) mass is 256 g/mol. The van der Waals surface area contributed by atoms with Crippen LogP contribution in [0, 0.1) is 6.92 Å². The molecule has 0 radical (unpaired) electrons. The van der Waals surface area contributed by atoms with Gasteiger partial charge in [0.15, 0.2) is 0 Å². The predicted octanol–water partition coefficient (Wildman–Crippen LogP) is 2.52. The van der Waals surface area contributed by atoms with Gasteiger partial charge in [-0.2, -0.15) is 0 Å². The van der Waals surface area contributed by atoms with Crippen molar-refractivity contribution in [1.29, 1.82) is 0 Å². The highest BCUT2D eigenvalue weighted by molar-refractivity contribution is 5.53. The second-order valence-electron chi connectivity index (χ2n) is 5.51. The molecule has 0 aliphatic carbocycles. The molecule has 0 aromatic carbocycles. The second kappa shape index (κ2) is 5.45. The lowest BCUT2D eigenvalue weighted by Gasteiger charge is -2.17. The largest absolute Gasteiger partial charge is 0.326 e. The minimum Gasteiger partial charge on any atom is -0.326 e. The zero-order valence-electron chi connectivity index (χ0n) is 11.7. The van der Waals surface area contributed by atoms with Crippen LogP contribution in [0.5, 0.6) is 0 Å². The fourth-order valence-electron chi connectivity index (χ4n) is 1.82. The molecule has 2 heterocycles. The van der Waals surface area contributed by atoms with Crippen LogP contribution in [0.25, 0.3) is 11.4 Å². The average Bonchev–Trinajstić information content (AvgIpc) is 2.36. The third-order valence-electron chi connectivity index (χ3n) is 2.82. The maximum atomic E-state index is 6.00. The standard InChI is InChI=1S/C15H20N4/c1-11-10-13(12-6-4-5-9-17-12)19-14(18-11)7-8-15(2,3)16/h4-6,9-10H,7-8,16H2,1-3H3. The Balaban J connectivity index is 2.25. The summed E-state index contributed by atoms with van der Waals surface area (Å²) in [6.45, 7) is 6.01. The molecule has 0 saturated heterocycles. The van der Waals surface area contributed by atoms with E-state index in [2.05, 4.69) is 15.0 Å². The van der Waals surface area contributed by atoms with E-state index in [0.717, 1.165) is 35.7 Å². The number of hydrogen-bond acceptors (Lipinski definition) is 4. The van der Waals surface area contributed by atoms with Gasteiger partial charge in [0.25, 0.3) is 0 Å². The molecule has 2 aromatic rings. The normalized spacial score (nSPS) is 11.6. The van der Waals surface area contributed by atoms with Crippen LogP contribution in [0.2, 0.25) is 0 Å². The summed E-state index contributed by atoms with van der Waals surface area (Å²) >= 11 is 0. The zero-order chi connectivity index (χ0) is 13.9. The van der Waals surface area contributed by atoms with E-state index >= 15 is 0 Å².